The molecule has 2 heterocycles. The molecule has 23 heavy (non-hydrogen) atoms. The van der Waals surface area contributed by atoms with Gasteiger partial charge in [-0.1, -0.05) is 15.9 Å². The van der Waals surface area contributed by atoms with Crippen LogP contribution in [0.5, 0.6) is 0 Å². The number of alkyl halides is 1. The van der Waals surface area contributed by atoms with Crippen molar-refractivity contribution in [1.29, 1.82) is 0 Å². The molecule has 0 bridgehead atoms. The molecule has 2 aromatic rings. The van der Waals surface area contributed by atoms with Crippen LogP contribution in [0.1, 0.15) is 30.5 Å². The molecule has 126 valence electrons. The van der Waals surface area contributed by atoms with Gasteiger partial charge in [0.25, 0.3) is 0 Å². The van der Waals surface area contributed by atoms with Gasteiger partial charge in [0.1, 0.15) is 9.75 Å². The molecular weight excluding hydrogens is 536 g/mol. The van der Waals surface area contributed by atoms with Crippen LogP contribution in [0.25, 0.3) is 0 Å². The molecule has 2 aromatic heterocycles. The van der Waals surface area contributed by atoms with E-state index < -0.39 is 0 Å². The van der Waals surface area contributed by atoms with Gasteiger partial charge >= 0.3 is 11.9 Å². The van der Waals surface area contributed by atoms with Crippen molar-refractivity contribution in [2.45, 2.75) is 12.3 Å². The highest BCUT2D eigenvalue weighted by molar-refractivity contribution is 9.11. The predicted molar refractivity (Wildman–Crippen MR) is 104 cm³/mol. The van der Waals surface area contributed by atoms with E-state index >= 15 is 0 Å². The van der Waals surface area contributed by atoms with Crippen LogP contribution >= 0.6 is 70.5 Å². The first-order valence-corrected chi connectivity index (χ1v) is 10.6. The molecule has 9 heteroatoms. The van der Waals surface area contributed by atoms with Crippen molar-refractivity contribution in [2.24, 2.45) is 0 Å². The number of carbonyl (C=O) groups excluding carboxylic acids is 2. The largest absolute Gasteiger partial charge is 0.465 e. The smallest absolute Gasteiger partial charge is 0.348 e. The van der Waals surface area contributed by atoms with Crippen LogP contribution in [0, 0.1) is 6.92 Å². The fourth-order valence-electron chi connectivity index (χ4n) is 1.44. The van der Waals surface area contributed by atoms with E-state index in [1.165, 1.54) is 36.9 Å². The first-order valence-electron chi connectivity index (χ1n) is 6.09. The minimum atomic E-state index is -0.278. The summed E-state index contributed by atoms with van der Waals surface area (Å²) in [5.74, 6) is -0.543. The molecule has 0 saturated heterocycles. The third-order valence-electron chi connectivity index (χ3n) is 2.70. The zero-order valence-corrected chi connectivity index (χ0v) is 18.8. The topological polar surface area (TPSA) is 52.6 Å². The van der Waals surface area contributed by atoms with Crippen LogP contribution in [-0.2, 0) is 14.8 Å². The number of rotatable bonds is 3. The van der Waals surface area contributed by atoms with E-state index in [1.807, 2.05) is 17.7 Å². The van der Waals surface area contributed by atoms with Gasteiger partial charge in [0.05, 0.1) is 14.2 Å². The average Bonchev–Trinajstić information content (AvgIpc) is 3.09. The number of hydrogen-bond donors (Lipinski definition) is 0. The van der Waals surface area contributed by atoms with Gasteiger partial charge in [0.15, 0.2) is 0 Å². The minimum Gasteiger partial charge on any atom is -0.465 e. The Hall–Kier alpha value is -0.220. The van der Waals surface area contributed by atoms with Gasteiger partial charge < -0.3 is 9.47 Å². The number of hydrogen-bond acceptors (Lipinski definition) is 6. The molecule has 0 aliphatic heterocycles. The summed E-state index contributed by atoms with van der Waals surface area (Å²) in [6.07, 6.45) is 0. The average molecular weight is 549 g/mol. The van der Waals surface area contributed by atoms with Crippen LogP contribution < -0.4 is 0 Å². The summed E-state index contributed by atoms with van der Waals surface area (Å²) in [6.45, 7) is 1.88. The highest BCUT2D eigenvalue weighted by atomic mass is 79.9. The molecule has 0 amide bonds. The second-order valence-electron chi connectivity index (χ2n) is 4.05. The van der Waals surface area contributed by atoms with Gasteiger partial charge in [-0.15, -0.1) is 22.7 Å². The summed E-state index contributed by atoms with van der Waals surface area (Å²) >= 11 is 12.7. The van der Waals surface area contributed by atoms with Crippen molar-refractivity contribution in [3.05, 3.63) is 40.6 Å². The highest BCUT2D eigenvalue weighted by Crippen LogP contribution is 2.29. The number of ether oxygens (including phenoxy) is 2. The molecular formula is C14H13Br3O4S2. The summed E-state index contributed by atoms with van der Waals surface area (Å²) in [6, 6.07) is 0. The Morgan fingerprint density at radius 1 is 1.00 bits per heavy atom. The maximum atomic E-state index is 11.2. The lowest BCUT2D eigenvalue weighted by molar-refractivity contribution is 0.0596. The molecule has 0 spiro atoms. The van der Waals surface area contributed by atoms with E-state index in [-0.39, 0.29) is 11.9 Å². The van der Waals surface area contributed by atoms with E-state index in [9.17, 15) is 9.59 Å². The maximum absolute atomic E-state index is 11.2. The molecule has 4 nitrogen and oxygen atoms in total. The molecule has 0 aromatic carbocycles. The van der Waals surface area contributed by atoms with Crippen molar-refractivity contribution in [3.63, 3.8) is 0 Å². The zero-order valence-electron chi connectivity index (χ0n) is 12.4. The number of carbonyl (C=O) groups is 2. The first-order chi connectivity index (χ1) is 10.9. The zero-order chi connectivity index (χ0) is 17.6. The lowest BCUT2D eigenvalue weighted by atomic mass is 10.3. The van der Waals surface area contributed by atoms with Gasteiger partial charge in [0.2, 0.25) is 0 Å². The van der Waals surface area contributed by atoms with E-state index in [4.69, 9.17) is 0 Å². The van der Waals surface area contributed by atoms with Crippen molar-refractivity contribution in [3.8, 4) is 0 Å². The van der Waals surface area contributed by atoms with Crippen molar-refractivity contribution < 1.29 is 19.1 Å². The van der Waals surface area contributed by atoms with Crippen LogP contribution in [-0.4, -0.2) is 26.2 Å². The second-order valence-corrected chi connectivity index (χ2v) is 8.07. The van der Waals surface area contributed by atoms with Crippen molar-refractivity contribution >= 4 is 82.4 Å². The third kappa shape index (κ3) is 5.38. The van der Waals surface area contributed by atoms with E-state index in [0.29, 0.717) is 15.1 Å². The summed E-state index contributed by atoms with van der Waals surface area (Å²) in [5, 5.41) is 4.41. The molecule has 0 saturated carbocycles. The normalized spacial score (nSPS) is 9.83. The Morgan fingerprint density at radius 3 is 1.91 bits per heavy atom. The lowest BCUT2D eigenvalue weighted by Gasteiger charge is -1.97. The summed E-state index contributed by atoms with van der Waals surface area (Å²) in [5.41, 5.74) is 1.90. The van der Waals surface area contributed by atoms with Gasteiger partial charge in [-0.3, -0.25) is 0 Å². The number of halogens is 3. The summed E-state index contributed by atoms with van der Waals surface area (Å²) < 4.78 is 11.1. The number of esters is 2. The molecule has 0 unspecified atom stereocenters. The summed E-state index contributed by atoms with van der Waals surface area (Å²) in [4.78, 5) is 23.5. The Morgan fingerprint density at radius 2 is 1.48 bits per heavy atom. The molecule has 0 fully saturated rings. The molecule has 0 atom stereocenters. The fraction of sp³-hybridized carbons (Fsp3) is 0.286. The van der Waals surface area contributed by atoms with Gasteiger partial charge in [0, 0.05) is 30.6 Å². The van der Waals surface area contributed by atoms with Gasteiger partial charge in [-0.25, -0.2) is 9.59 Å². The Labute approximate surface area is 167 Å². The maximum Gasteiger partial charge on any atom is 0.348 e. The quantitative estimate of drug-likeness (QED) is 0.359. The SMILES string of the molecule is COC(=O)c1scc(Br)c1C.COC(=O)c1scc(Br)c1CBr. The Balaban J connectivity index is 0.000000231. The minimum absolute atomic E-state index is 0.266. The number of methoxy groups -OCH3 is 2. The monoisotopic (exact) mass is 546 g/mol. The van der Waals surface area contributed by atoms with E-state index in [1.54, 1.807) is 0 Å². The van der Waals surface area contributed by atoms with Crippen molar-refractivity contribution in [1.82, 2.24) is 0 Å². The first kappa shape index (κ1) is 20.8. The van der Waals surface area contributed by atoms with E-state index in [0.717, 1.165) is 20.1 Å². The molecule has 0 radical (unpaired) electrons. The molecule has 0 N–H and O–H groups in total. The second kappa shape index (κ2) is 9.93. The highest BCUT2D eigenvalue weighted by Gasteiger charge is 2.15. The third-order valence-corrected chi connectivity index (χ3v) is 7.46. The van der Waals surface area contributed by atoms with Gasteiger partial charge in [-0.05, 0) is 44.3 Å². The van der Waals surface area contributed by atoms with E-state index in [2.05, 4.69) is 57.3 Å². The molecule has 0 aliphatic carbocycles. The Kier molecular flexibility index (Phi) is 8.99. The Bertz CT molecular complexity index is 694. The van der Waals surface area contributed by atoms with Crippen LogP contribution in [0.3, 0.4) is 0 Å². The van der Waals surface area contributed by atoms with Crippen LogP contribution in [0.4, 0.5) is 0 Å². The summed E-state index contributed by atoms with van der Waals surface area (Å²) in [7, 11) is 2.77. The number of thiophene rings is 2. The standard InChI is InChI=1S/C7H6Br2O2S.C7H7BrO2S/c1-11-7(10)6-4(2-8)5(9)3-12-6;1-4-5(8)3-11-6(4)7(9)10-2/h3H,2H2,1H3;3H,1-2H3. The van der Waals surface area contributed by atoms with Crippen molar-refractivity contribution in [2.75, 3.05) is 14.2 Å². The molecule has 2 rings (SSSR count). The van der Waals surface area contributed by atoms with Gasteiger partial charge in [-0.2, -0.15) is 0 Å². The van der Waals surface area contributed by atoms with Crippen LogP contribution in [0.15, 0.2) is 19.7 Å². The fourth-order valence-corrected chi connectivity index (χ4v) is 5.68. The lowest BCUT2D eigenvalue weighted by Crippen LogP contribution is -2.00. The predicted octanol–water partition coefficient (Wildman–Crippen LogP) is 5.80. The molecule has 0 aliphatic rings. The van der Waals surface area contributed by atoms with Crippen LogP contribution in [0.2, 0.25) is 0 Å².